The van der Waals surface area contributed by atoms with Gasteiger partial charge in [-0.3, -0.25) is 9.89 Å². The number of ether oxygens (including phenoxy) is 1. The van der Waals surface area contributed by atoms with Gasteiger partial charge in [0.2, 0.25) is 0 Å². The van der Waals surface area contributed by atoms with Gasteiger partial charge < -0.3 is 14.7 Å². The molecule has 2 atom stereocenters. The average molecular weight is 295 g/mol. The Labute approximate surface area is 125 Å². The van der Waals surface area contributed by atoms with E-state index in [1.54, 1.807) is 4.90 Å². The summed E-state index contributed by atoms with van der Waals surface area (Å²) in [5.41, 5.74) is 2.38. The Balaban J connectivity index is 2.27. The Morgan fingerprint density at radius 2 is 2.24 bits per heavy atom. The molecule has 6 nitrogen and oxygen atoms in total. The number of aliphatic hydroxyl groups is 1. The van der Waals surface area contributed by atoms with Crippen molar-refractivity contribution in [2.75, 3.05) is 13.2 Å². The van der Waals surface area contributed by atoms with Gasteiger partial charge in [-0.25, -0.2) is 0 Å². The summed E-state index contributed by atoms with van der Waals surface area (Å²) in [5.74, 6) is -0.0720. The van der Waals surface area contributed by atoms with Crippen molar-refractivity contribution in [2.24, 2.45) is 0 Å². The lowest BCUT2D eigenvalue weighted by atomic mass is 9.99. The van der Waals surface area contributed by atoms with Crippen LogP contribution in [-0.4, -0.2) is 51.4 Å². The Morgan fingerprint density at radius 3 is 2.86 bits per heavy atom. The van der Waals surface area contributed by atoms with E-state index in [-0.39, 0.29) is 30.8 Å². The molecule has 1 aromatic rings. The number of amides is 1. The van der Waals surface area contributed by atoms with Crippen molar-refractivity contribution in [1.82, 2.24) is 15.1 Å². The van der Waals surface area contributed by atoms with Crippen LogP contribution in [0, 0.1) is 0 Å². The first-order valence-corrected chi connectivity index (χ1v) is 7.60. The van der Waals surface area contributed by atoms with Crippen LogP contribution in [0.4, 0.5) is 0 Å². The van der Waals surface area contributed by atoms with E-state index in [2.05, 4.69) is 10.2 Å². The largest absolute Gasteiger partial charge is 0.396 e. The quantitative estimate of drug-likeness (QED) is 0.866. The van der Waals surface area contributed by atoms with E-state index in [1.165, 1.54) is 0 Å². The highest BCUT2D eigenvalue weighted by atomic mass is 16.5. The first kappa shape index (κ1) is 16.0. The van der Waals surface area contributed by atoms with Crippen molar-refractivity contribution >= 4 is 5.91 Å². The van der Waals surface area contributed by atoms with Gasteiger partial charge >= 0.3 is 0 Å². The number of rotatable bonds is 5. The Morgan fingerprint density at radius 1 is 1.52 bits per heavy atom. The first-order valence-electron chi connectivity index (χ1n) is 7.60. The van der Waals surface area contributed by atoms with E-state index in [0.717, 1.165) is 11.3 Å². The summed E-state index contributed by atoms with van der Waals surface area (Å²) >= 11 is 0. The zero-order chi connectivity index (χ0) is 15.6. The second-order valence-corrected chi connectivity index (χ2v) is 5.93. The van der Waals surface area contributed by atoms with Crippen LogP contribution < -0.4 is 0 Å². The zero-order valence-corrected chi connectivity index (χ0v) is 13.2. The zero-order valence-electron chi connectivity index (χ0n) is 13.2. The third-order valence-corrected chi connectivity index (χ3v) is 3.88. The van der Waals surface area contributed by atoms with Gasteiger partial charge in [0.15, 0.2) is 5.69 Å². The van der Waals surface area contributed by atoms with Crippen molar-refractivity contribution in [3.8, 4) is 0 Å². The third kappa shape index (κ3) is 3.27. The fourth-order valence-corrected chi connectivity index (χ4v) is 2.82. The number of aromatic amines is 1. The molecule has 2 heterocycles. The summed E-state index contributed by atoms with van der Waals surface area (Å²) in [5, 5.41) is 16.2. The predicted octanol–water partition coefficient (Wildman–Crippen LogP) is 1.66. The smallest absolute Gasteiger partial charge is 0.274 e. The van der Waals surface area contributed by atoms with E-state index < -0.39 is 0 Å². The van der Waals surface area contributed by atoms with Gasteiger partial charge in [-0.15, -0.1) is 0 Å². The molecular formula is C15H25N3O3. The van der Waals surface area contributed by atoms with Gasteiger partial charge in [0, 0.05) is 31.2 Å². The summed E-state index contributed by atoms with van der Waals surface area (Å²) < 4.78 is 5.75. The SMILES string of the molecule is CC(C)N(CCCO)C(=O)c1n[nH]c2c1C[C@H](C)O[C@@H]2C. The van der Waals surface area contributed by atoms with Gasteiger partial charge in [-0.1, -0.05) is 0 Å². The summed E-state index contributed by atoms with van der Waals surface area (Å²) in [6.45, 7) is 8.54. The minimum absolute atomic E-state index is 0.0669. The summed E-state index contributed by atoms with van der Waals surface area (Å²) in [4.78, 5) is 14.5. The summed E-state index contributed by atoms with van der Waals surface area (Å²) in [6, 6.07) is 0.0751. The van der Waals surface area contributed by atoms with E-state index in [9.17, 15) is 4.79 Å². The molecule has 1 aromatic heterocycles. The molecule has 0 aromatic carbocycles. The Hall–Kier alpha value is -1.40. The predicted molar refractivity (Wildman–Crippen MR) is 79.1 cm³/mol. The van der Waals surface area contributed by atoms with Gasteiger partial charge in [-0.2, -0.15) is 5.10 Å². The lowest BCUT2D eigenvalue weighted by Crippen LogP contribution is -2.39. The average Bonchev–Trinajstić information content (AvgIpc) is 2.82. The number of hydrogen-bond donors (Lipinski definition) is 2. The highest BCUT2D eigenvalue weighted by molar-refractivity contribution is 5.94. The van der Waals surface area contributed by atoms with Gasteiger partial charge in [0.05, 0.1) is 17.9 Å². The number of carbonyl (C=O) groups is 1. The molecule has 6 heteroatoms. The number of aliphatic hydroxyl groups excluding tert-OH is 1. The number of carbonyl (C=O) groups excluding carboxylic acids is 1. The minimum atomic E-state index is -0.0720. The molecule has 21 heavy (non-hydrogen) atoms. The molecule has 0 fully saturated rings. The molecule has 1 amide bonds. The van der Waals surface area contributed by atoms with E-state index in [0.29, 0.717) is 25.1 Å². The molecule has 118 valence electrons. The minimum Gasteiger partial charge on any atom is -0.396 e. The van der Waals surface area contributed by atoms with Crippen molar-refractivity contribution in [3.63, 3.8) is 0 Å². The molecule has 0 aliphatic carbocycles. The molecule has 2 rings (SSSR count). The van der Waals surface area contributed by atoms with Crippen LogP contribution in [0.3, 0.4) is 0 Å². The van der Waals surface area contributed by atoms with Crippen LogP contribution in [-0.2, 0) is 11.2 Å². The second-order valence-electron chi connectivity index (χ2n) is 5.93. The molecule has 0 saturated carbocycles. The second kappa shape index (κ2) is 6.58. The van der Waals surface area contributed by atoms with Crippen molar-refractivity contribution in [1.29, 1.82) is 0 Å². The molecule has 0 radical (unpaired) electrons. The monoisotopic (exact) mass is 295 g/mol. The number of nitrogens with one attached hydrogen (secondary N) is 1. The van der Waals surface area contributed by atoms with Crippen LogP contribution in [0.15, 0.2) is 0 Å². The molecule has 0 bridgehead atoms. The fourth-order valence-electron chi connectivity index (χ4n) is 2.82. The lowest BCUT2D eigenvalue weighted by Gasteiger charge is -2.28. The topological polar surface area (TPSA) is 78.5 Å². The molecule has 1 aliphatic rings. The summed E-state index contributed by atoms with van der Waals surface area (Å²) in [6.07, 6.45) is 1.29. The van der Waals surface area contributed by atoms with Crippen LogP contribution >= 0.6 is 0 Å². The maximum absolute atomic E-state index is 12.8. The number of aromatic nitrogens is 2. The maximum Gasteiger partial charge on any atom is 0.274 e. The van der Waals surface area contributed by atoms with Gasteiger partial charge in [0.1, 0.15) is 0 Å². The van der Waals surface area contributed by atoms with E-state index in [4.69, 9.17) is 9.84 Å². The van der Waals surface area contributed by atoms with E-state index >= 15 is 0 Å². The molecule has 1 aliphatic heterocycles. The third-order valence-electron chi connectivity index (χ3n) is 3.88. The van der Waals surface area contributed by atoms with Crippen LogP contribution in [0.25, 0.3) is 0 Å². The fraction of sp³-hybridized carbons (Fsp3) is 0.733. The Kier molecular flexibility index (Phi) is 5.00. The molecule has 0 saturated heterocycles. The van der Waals surface area contributed by atoms with Crippen molar-refractivity contribution in [3.05, 3.63) is 17.0 Å². The Bertz CT molecular complexity index is 498. The van der Waals surface area contributed by atoms with E-state index in [1.807, 2.05) is 27.7 Å². The normalized spacial score (nSPS) is 21.4. The molecule has 2 N–H and O–H groups in total. The van der Waals surface area contributed by atoms with Crippen LogP contribution in [0.1, 0.15) is 62.0 Å². The lowest BCUT2D eigenvalue weighted by molar-refractivity contribution is -0.00703. The highest BCUT2D eigenvalue weighted by Gasteiger charge is 2.31. The van der Waals surface area contributed by atoms with Gasteiger partial charge in [-0.05, 0) is 34.1 Å². The number of nitrogens with zero attached hydrogens (tertiary/aromatic N) is 2. The molecular weight excluding hydrogens is 270 g/mol. The van der Waals surface area contributed by atoms with Crippen LogP contribution in [0.2, 0.25) is 0 Å². The number of H-pyrrole nitrogens is 1. The number of hydrogen-bond acceptors (Lipinski definition) is 4. The van der Waals surface area contributed by atoms with Gasteiger partial charge in [0.25, 0.3) is 5.91 Å². The standard InChI is InChI=1S/C15H25N3O3/c1-9(2)18(6-5-7-19)15(20)14-12-8-10(3)21-11(4)13(12)16-17-14/h9-11,19H,5-8H2,1-4H3,(H,16,17)/t10-,11+/m0/s1. The summed E-state index contributed by atoms with van der Waals surface area (Å²) in [7, 11) is 0. The molecule has 0 spiro atoms. The van der Waals surface area contributed by atoms with Crippen molar-refractivity contribution < 1.29 is 14.6 Å². The number of fused-ring (bicyclic) bond motifs is 1. The highest BCUT2D eigenvalue weighted by Crippen LogP contribution is 2.30. The maximum atomic E-state index is 12.8. The molecule has 0 unspecified atom stereocenters. The van der Waals surface area contributed by atoms with Crippen LogP contribution in [0.5, 0.6) is 0 Å². The van der Waals surface area contributed by atoms with Crippen molar-refractivity contribution in [2.45, 2.75) is 58.8 Å². The first-order chi connectivity index (χ1) is 9.95.